The lowest BCUT2D eigenvalue weighted by Gasteiger charge is -2.45. The number of aliphatic hydroxyl groups excluding tert-OH is 1. The van der Waals surface area contributed by atoms with Crippen molar-refractivity contribution in [2.75, 3.05) is 39.2 Å². The molecule has 170 valence electrons. The van der Waals surface area contributed by atoms with Crippen LogP contribution >= 0.6 is 0 Å². The van der Waals surface area contributed by atoms with Crippen LogP contribution in [0.1, 0.15) is 12.8 Å². The number of carbonyl (C=O) groups excluding carboxylic acids is 2. The summed E-state index contributed by atoms with van der Waals surface area (Å²) < 4.78 is 21.7. The number of carbonyl (C=O) groups is 2. The average Bonchev–Trinajstić information content (AvgIpc) is 3.22. The van der Waals surface area contributed by atoms with E-state index in [1.54, 1.807) is 31.4 Å². The number of hydrogen-bond donors (Lipinski definition) is 3. The summed E-state index contributed by atoms with van der Waals surface area (Å²) in [6.45, 7) is 1.51. The molecule has 0 radical (unpaired) electrons. The molecule has 0 aliphatic carbocycles. The fourth-order valence-corrected chi connectivity index (χ4v) is 4.59. The number of esters is 1. The van der Waals surface area contributed by atoms with Gasteiger partial charge in [-0.3, -0.25) is 9.69 Å². The van der Waals surface area contributed by atoms with Gasteiger partial charge < -0.3 is 34.7 Å². The van der Waals surface area contributed by atoms with Crippen LogP contribution in [0.4, 0.5) is 10.5 Å². The number of hydrogen-bond acceptors (Lipinski definition) is 8. The summed E-state index contributed by atoms with van der Waals surface area (Å²) in [7, 11) is 2.95. The number of rotatable bonds is 5. The zero-order valence-electron chi connectivity index (χ0n) is 17.7. The lowest BCUT2D eigenvalue weighted by molar-refractivity contribution is -0.185. The fourth-order valence-electron chi connectivity index (χ4n) is 4.59. The predicted octanol–water partition coefficient (Wildman–Crippen LogP) is 0.555. The second kappa shape index (κ2) is 9.39. The number of ether oxygens (including phenoxy) is 4. The van der Waals surface area contributed by atoms with E-state index in [2.05, 4.69) is 15.5 Å². The molecule has 3 heterocycles. The number of nitrogens with one attached hydrogen (secondary N) is 2. The zero-order chi connectivity index (χ0) is 22.0. The van der Waals surface area contributed by atoms with E-state index in [4.69, 9.17) is 18.9 Å². The van der Waals surface area contributed by atoms with E-state index in [-0.39, 0.29) is 11.9 Å². The number of anilines is 1. The first-order valence-corrected chi connectivity index (χ1v) is 10.5. The number of piperidine rings is 1. The van der Waals surface area contributed by atoms with E-state index >= 15 is 0 Å². The van der Waals surface area contributed by atoms with Crippen LogP contribution in [0.5, 0.6) is 5.75 Å². The molecule has 3 aliphatic heterocycles. The number of aliphatic hydroxyl groups is 1. The van der Waals surface area contributed by atoms with Crippen LogP contribution in [0.2, 0.25) is 0 Å². The first kappa shape index (κ1) is 21.8. The molecule has 3 N–H and O–H groups in total. The van der Waals surface area contributed by atoms with Crippen molar-refractivity contribution in [3.05, 3.63) is 24.3 Å². The molecule has 0 aromatic heterocycles. The van der Waals surface area contributed by atoms with Gasteiger partial charge in [0.2, 0.25) is 0 Å². The van der Waals surface area contributed by atoms with Gasteiger partial charge in [-0.15, -0.1) is 0 Å². The summed E-state index contributed by atoms with van der Waals surface area (Å²) in [4.78, 5) is 26.5. The van der Waals surface area contributed by atoms with E-state index in [0.29, 0.717) is 44.0 Å². The molecular formula is C21H29N3O7. The molecular weight excluding hydrogens is 406 g/mol. The Labute approximate surface area is 180 Å². The van der Waals surface area contributed by atoms with Crippen molar-refractivity contribution in [3.8, 4) is 5.75 Å². The van der Waals surface area contributed by atoms with Gasteiger partial charge in [0.15, 0.2) is 6.29 Å². The van der Waals surface area contributed by atoms with Gasteiger partial charge in [-0.1, -0.05) is 6.07 Å². The molecule has 10 nitrogen and oxygen atoms in total. The molecule has 1 aromatic rings. The lowest BCUT2D eigenvalue weighted by atomic mass is 9.91. The molecule has 2 amide bonds. The Bertz CT molecular complexity index is 799. The lowest BCUT2D eigenvalue weighted by Crippen LogP contribution is -2.66. The Hall–Kier alpha value is -2.40. The van der Waals surface area contributed by atoms with Crippen LogP contribution in [0.3, 0.4) is 0 Å². The second-order valence-corrected chi connectivity index (χ2v) is 8.05. The molecule has 0 unspecified atom stereocenters. The highest BCUT2D eigenvalue weighted by atomic mass is 16.7. The highest BCUT2D eigenvalue weighted by Gasteiger charge is 2.53. The summed E-state index contributed by atoms with van der Waals surface area (Å²) in [6.07, 6.45) is -0.591. The first-order chi connectivity index (χ1) is 15.0. The van der Waals surface area contributed by atoms with E-state index < -0.39 is 36.6 Å². The molecule has 31 heavy (non-hydrogen) atoms. The Morgan fingerprint density at radius 3 is 2.71 bits per heavy atom. The van der Waals surface area contributed by atoms with Crippen LogP contribution in [-0.4, -0.2) is 86.5 Å². The van der Waals surface area contributed by atoms with E-state index in [1.807, 2.05) is 0 Å². The van der Waals surface area contributed by atoms with Gasteiger partial charge in [0.25, 0.3) is 0 Å². The van der Waals surface area contributed by atoms with Crippen molar-refractivity contribution < 1.29 is 33.6 Å². The summed E-state index contributed by atoms with van der Waals surface area (Å²) >= 11 is 0. The zero-order valence-corrected chi connectivity index (χ0v) is 17.7. The minimum Gasteiger partial charge on any atom is -0.497 e. The van der Waals surface area contributed by atoms with Crippen molar-refractivity contribution in [3.63, 3.8) is 0 Å². The number of fused-ring (bicyclic) bond motifs is 2. The number of urea groups is 1. The highest BCUT2D eigenvalue weighted by molar-refractivity contribution is 5.89. The highest BCUT2D eigenvalue weighted by Crippen LogP contribution is 2.33. The minimum atomic E-state index is -0.878. The second-order valence-electron chi connectivity index (χ2n) is 8.05. The summed E-state index contributed by atoms with van der Waals surface area (Å²) in [5.74, 6) is 0.287. The van der Waals surface area contributed by atoms with E-state index in [9.17, 15) is 14.7 Å². The maximum Gasteiger partial charge on any atom is 0.319 e. The molecule has 10 heteroatoms. The Balaban J connectivity index is 1.39. The largest absolute Gasteiger partial charge is 0.497 e. The van der Waals surface area contributed by atoms with Gasteiger partial charge in [-0.2, -0.15) is 0 Å². The van der Waals surface area contributed by atoms with Crippen LogP contribution < -0.4 is 15.4 Å². The van der Waals surface area contributed by atoms with Gasteiger partial charge in [-0.05, 0) is 38.1 Å². The number of likely N-dealkylation sites (tertiary alicyclic amines) is 1. The molecule has 3 aliphatic rings. The monoisotopic (exact) mass is 435 g/mol. The van der Waals surface area contributed by atoms with Gasteiger partial charge in [0.1, 0.15) is 11.9 Å². The summed E-state index contributed by atoms with van der Waals surface area (Å²) in [5, 5.41) is 16.7. The summed E-state index contributed by atoms with van der Waals surface area (Å²) in [5.41, 5.74) is 0.574. The van der Waals surface area contributed by atoms with Gasteiger partial charge in [-0.25, -0.2) is 4.79 Å². The van der Waals surface area contributed by atoms with E-state index in [0.717, 1.165) is 0 Å². The summed E-state index contributed by atoms with van der Waals surface area (Å²) in [6, 6.07) is 5.50. The van der Waals surface area contributed by atoms with Gasteiger partial charge in [0.05, 0.1) is 44.9 Å². The third-order valence-electron chi connectivity index (χ3n) is 6.24. The fraction of sp³-hybridized carbons (Fsp3) is 0.619. The molecule has 0 saturated carbocycles. The van der Waals surface area contributed by atoms with E-state index in [1.165, 1.54) is 7.11 Å². The number of methoxy groups -OCH3 is 2. The molecule has 3 saturated heterocycles. The Kier molecular flexibility index (Phi) is 6.61. The topological polar surface area (TPSA) is 119 Å². The van der Waals surface area contributed by atoms with Crippen molar-refractivity contribution in [1.82, 2.24) is 10.2 Å². The number of amides is 2. The van der Waals surface area contributed by atoms with Crippen molar-refractivity contribution in [2.24, 2.45) is 5.92 Å². The minimum absolute atomic E-state index is 0.136. The maximum atomic E-state index is 12.6. The number of nitrogens with zero attached hydrogens (tertiary/aromatic N) is 1. The normalized spacial score (nSPS) is 31.1. The molecule has 0 spiro atoms. The first-order valence-electron chi connectivity index (χ1n) is 10.5. The van der Waals surface area contributed by atoms with Crippen molar-refractivity contribution >= 4 is 17.7 Å². The van der Waals surface area contributed by atoms with Crippen LogP contribution in [0.15, 0.2) is 24.3 Å². The van der Waals surface area contributed by atoms with Crippen LogP contribution in [0, 0.1) is 5.92 Å². The maximum absolute atomic E-state index is 12.6. The predicted molar refractivity (Wildman–Crippen MR) is 110 cm³/mol. The van der Waals surface area contributed by atoms with Crippen molar-refractivity contribution in [1.29, 1.82) is 0 Å². The molecule has 5 atom stereocenters. The standard InChI is InChI=1S/C21H29N3O7/c1-28-14-5-3-4-13(10-14)22-21(27)23-16-15-11-30-20(31-15)17(18(16)25)24-8-6-12(7-9-24)19(26)29-2/h3-5,10,12,15-18,20,25H,6-9,11H2,1-2H3,(H2,22,23,27)/t15-,16-,17+,18-,20+/m0/s1. The Morgan fingerprint density at radius 2 is 2.00 bits per heavy atom. The molecule has 2 bridgehead atoms. The smallest absolute Gasteiger partial charge is 0.319 e. The van der Waals surface area contributed by atoms with Crippen molar-refractivity contribution in [2.45, 2.75) is 43.4 Å². The third-order valence-corrected chi connectivity index (χ3v) is 6.24. The quantitative estimate of drug-likeness (QED) is 0.574. The van der Waals surface area contributed by atoms with Gasteiger partial charge >= 0.3 is 12.0 Å². The van der Waals surface area contributed by atoms with Crippen LogP contribution in [-0.2, 0) is 19.0 Å². The third kappa shape index (κ3) is 4.62. The SMILES string of the molecule is COC(=O)C1CCN([C@H]2[C@@H]3OC[C@H](O3)[C@H](NC(=O)Nc3cccc(OC)c3)[C@@H]2O)CC1. The van der Waals surface area contributed by atoms with Crippen LogP contribution in [0.25, 0.3) is 0 Å². The molecule has 3 fully saturated rings. The number of benzene rings is 1. The Morgan fingerprint density at radius 1 is 1.23 bits per heavy atom. The molecule has 4 rings (SSSR count). The van der Waals surface area contributed by atoms with Gasteiger partial charge in [0, 0.05) is 11.8 Å². The molecule has 1 aromatic carbocycles. The average molecular weight is 435 g/mol.